The van der Waals surface area contributed by atoms with Crippen LogP contribution in [0.4, 0.5) is 4.39 Å². The van der Waals surface area contributed by atoms with Crippen molar-refractivity contribution in [3.05, 3.63) is 29.6 Å². The Morgan fingerprint density at radius 3 is 2.68 bits per heavy atom. The molecule has 0 saturated heterocycles. The standard InChI is InChI=1S/C16H18ClFO/c1-12-4-6-15(7-5-12)19-16-10-13(3-2-8-17)9-14(18)11-16/h9-12,15H,4-8H2,1H3. The molecule has 0 radical (unpaired) electrons. The zero-order chi connectivity index (χ0) is 13.7. The molecule has 1 aromatic carbocycles. The monoisotopic (exact) mass is 280 g/mol. The number of alkyl halides is 1. The van der Waals surface area contributed by atoms with Crippen LogP contribution in [0.5, 0.6) is 5.75 Å². The van der Waals surface area contributed by atoms with Crippen molar-refractivity contribution in [2.75, 3.05) is 5.88 Å². The molecule has 0 N–H and O–H groups in total. The van der Waals surface area contributed by atoms with E-state index in [4.69, 9.17) is 16.3 Å². The maximum atomic E-state index is 13.5. The molecule has 1 saturated carbocycles. The van der Waals surface area contributed by atoms with Gasteiger partial charge in [0.25, 0.3) is 0 Å². The molecule has 0 aliphatic heterocycles. The molecule has 19 heavy (non-hydrogen) atoms. The van der Waals surface area contributed by atoms with Crippen molar-refractivity contribution in [1.29, 1.82) is 0 Å². The summed E-state index contributed by atoms with van der Waals surface area (Å²) < 4.78 is 19.4. The van der Waals surface area contributed by atoms with E-state index < -0.39 is 0 Å². The third kappa shape index (κ3) is 4.44. The summed E-state index contributed by atoms with van der Waals surface area (Å²) in [6.45, 7) is 2.26. The molecule has 1 nitrogen and oxygen atoms in total. The molecule has 1 fully saturated rings. The highest BCUT2D eigenvalue weighted by Crippen LogP contribution is 2.27. The molecule has 0 heterocycles. The summed E-state index contributed by atoms with van der Waals surface area (Å²) in [6.07, 6.45) is 4.64. The number of rotatable bonds is 2. The van der Waals surface area contributed by atoms with Crippen molar-refractivity contribution in [2.24, 2.45) is 5.92 Å². The van der Waals surface area contributed by atoms with E-state index in [-0.39, 0.29) is 17.8 Å². The van der Waals surface area contributed by atoms with Crippen molar-refractivity contribution in [3.63, 3.8) is 0 Å². The predicted octanol–water partition coefficient (Wildman–Crippen LogP) is 4.37. The van der Waals surface area contributed by atoms with Gasteiger partial charge in [0.2, 0.25) is 0 Å². The van der Waals surface area contributed by atoms with Crippen molar-refractivity contribution in [1.82, 2.24) is 0 Å². The van der Waals surface area contributed by atoms with Crippen molar-refractivity contribution in [2.45, 2.75) is 38.7 Å². The van der Waals surface area contributed by atoms with E-state index in [1.54, 1.807) is 6.07 Å². The normalized spacial score (nSPS) is 22.5. The van der Waals surface area contributed by atoms with Gasteiger partial charge in [0.15, 0.2) is 0 Å². The number of halogens is 2. The maximum Gasteiger partial charge on any atom is 0.128 e. The SMILES string of the molecule is CC1CCC(Oc2cc(F)cc(C#CCCl)c2)CC1. The van der Waals surface area contributed by atoms with E-state index in [0.717, 1.165) is 18.8 Å². The highest BCUT2D eigenvalue weighted by molar-refractivity contribution is 6.19. The summed E-state index contributed by atoms with van der Waals surface area (Å²) in [5.74, 6) is 6.81. The van der Waals surface area contributed by atoms with Gasteiger partial charge >= 0.3 is 0 Å². The zero-order valence-electron chi connectivity index (χ0n) is 11.1. The maximum absolute atomic E-state index is 13.5. The summed E-state index contributed by atoms with van der Waals surface area (Å²) in [6, 6.07) is 4.60. The fourth-order valence-corrected chi connectivity index (χ4v) is 2.45. The van der Waals surface area contributed by atoms with Gasteiger partial charge in [0, 0.05) is 11.6 Å². The predicted molar refractivity (Wildman–Crippen MR) is 76.0 cm³/mol. The minimum absolute atomic E-state index is 0.201. The molecular formula is C16H18ClFO. The third-order valence-corrected chi connectivity index (χ3v) is 3.57. The first-order valence-electron chi connectivity index (χ1n) is 6.69. The van der Waals surface area contributed by atoms with Gasteiger partial charge in [-0.2, -0.15) is 0 Å². The molecular weight excluding hydrogens is 263 g/mol. The molecule has 0 unspecified atom stereocenters. The second-order valence-electron chi connectivity index (χ2n) is 5.11. The summed E-state index contributed by atoms with van der Waals surface area (Å²) in [5.41, 5.74) is 0.611. The van der Waals surface area contributed by atoms with Gasteiger partial charge in [-0.05, 0) is 43.7 Å². The number of hydrogen-bond acceptors (Lipinski definition) is 1. The quantitative estimate of drug-likeness (QED) is 0.577. The van der Waals surface area contributed by atoms with Gasteiger partial charge in [-0.15, -0.1) is 11.6 Å². The van der Waals surface area contributed by atoms with Crippen LogP contribution in [0.25, 0.3) is 0 Å². The first-order chi connectivity index (χ1) is 9.17. The van der Waals surface area contributed by atoms with E-state index >= 15 is 0 Å². The lowest BCUT2D eigenvalue weighted by Gasteiger charge is -2.26. The van der Waals surface area contributed by atoms with Gasteiger partial charge in [-0.3, -0.25) is 0 Å². The Morgan fingerprint density at radius 1 is 1.26 bits per heavy atom. The molecule has 0 atom stereocenters. The second-order valence-corrected chi connectivity index (χ2v) is 5.38. The Hall–Kier alpha value is -1.20. The molecule has 0 aromatic heterocycles. The average molecular weight is 281 g/mol. The fraction of sp³-hybridized carbons (Fsp3) is 0.500. The van der Waals surface area contributed by atoms with Crippen LogP contribution in [0.3, 0.4) is 0 Å². The first kappa shape index (κ1) is 14.2. The highest BCUT2D eigenvalue weighted by Gasteiger charge is 2.19. The number of ether oxygens (including phenoxy) is 1. The lowest BCUT2D eigenvalue weighted by molar-refractivity contribution is 0.135. The van der Waals surface area contributed by atoms with E-state index in [1.165, 1.54) is 25.0 Å². The van der Waals surface area contributed by atoms with Gasteiger partial charge in [-0.25, -0.2) is 4.39 Å². The second kappa shape index (κ2) is 6.82. The van der Waals surface area contributed by atoms with Crippen LogP contribution < -0.4 is 4.74 Å². The third-order valence-electron chi connectivity index (χ3n) is 3.44. The molecule has 1 aromatic rings. The Morgan fingerprint density at radius 2 is 2.00 bits per heavy atom. The molecule has 3 heteroatoms. The summed E-state index contributed by atoms with van der Waals surface area (Å²) in [4.78, 5) is 0. The van der Waals surface area contributed by atoms with Gasteiger partial charge in [0.05, 0.1) is 12.0 Å². The average Bonchev–Trinajstić information content (AvgIpc) is 2.38. The van der Waals surface area contributed by atoms with Gasteiger partial charge in [-0.1, -0.05) is 18.8 Å². The first-order valence-corrected chi connectivity index (χ1v) is 7.23. The van der Waals surface area contributed by atoms with Crippen LogP contribution in [-0.2, 0) is 0 Å². The van der Waals surface area contributed by atoms with Gasteiger partial charge < -0.3 is 4.74 Å². The van der Waals surface area contributed by atoms with Crippen LogP contribution >= 0.6 is 11.6 Å². The van der Waals surface area contributed by atoms with Crippen molar-refractivity contribution in [3.8, 4) is 17.6 Å². The smallest absolute Gasteiger partial charge is 0.128 e. The summed E-state index contributed by atoms with van der Waals surface area (Å²) in [5, 5.41) is 0. The minimum atomic E-state index is -0.319. The Bertz CT molecular complexity index is 481. The van der Waals surface area contributed by atoms with Crippen LogP contribution in [0, 0.1) is 23.6 Å². The molecule has 1 aliphatic carbocycles. The number of hydrogen-bond donors (Lipinski definition) is 0. The molecule has 2 rings (SSSR count). The largest absolute Gasteiger partial charge is 0.490 e. The lowest BCUT2D eigenvalue weighted by Crippen LogP contribution is -2.23. The summed E-state index contributed by atoms with van der Waals surface area (Å²) in [7, 11) is 0. The Balaban J connectivity index is 2.05. The van der Waals surface area contributed by atoms with Crippen molar-refractivity contribution < 1.29 is 9.13 Å². The fourth-order valence-electron chi connectivity index (χ4n) is 2.38. The van der Waals surface area contributed by atoms with E-state index in [0.29, 0.717) is 11.3 Å². The molecule has 102 valence electrons. The topological polar surface area (TPSA) is 9.23 Å². The van der Waals surface area contributed by atoms with E-state index in [9.17, 15) is 4.39 Å². The van der Waals surface area contributed by atoms with E-state index in [1.807, 2.05) is 0 Å². The minimum Gasteiger partial charge on any atom is -0.490 e. The zero-order valence-corrected chi connectivity index (χ0v) is 11.8. The highest BCUT2D eigenvalue weighted by atomic mass is 35.5. The van der Waals surface area contributed by atoms with Crippen LogP contribution in [0.15, 0.2) is 18.2 Å². The molecule has 0 amide bonds. The Labute approximate surface area is 119 Å². The van der Waals surface area contributed by atoms with E-state index in [2.05, 4.69) is 18.8 Å². The Kier molecular flexibility index (Phi) is 5.10. The number of benzene rings is 1. The van der Waals surface area contributed by atoms with Crippen LogP contribution in [0.2, 0.25) is 0 Å². The molecule has 1 aliphatic rings. The van der Waals surface area contributed by atoms with Gasteiger partial charge in [0.1, 0.15) is 11.6 Å². The molecule has 0 bridgehead atoms. The van der Waals surface area contributed by atoms with Crippen LogP contribution in [-0.4, -0.2) is 12.0 Å². The summed E-state index contributed by atoms with van der Waals surface area (Å²) >= 11 is 5.50. The van der Waals surface area contributed by atoms with Crippen molar-refractivity contribution >= 4 is 11.6 Å². The molecule has 0 spiro atoms. The van der Waals surface area contributed by atoms with Crippen LogP contribution in [0.1, 0.15) is 38.2 Å². The lowest BCUT2D eigenvalue weighted by atomic mass is 9.89.